The first-order chi connectivity index (χ1) is 15.5. The highest BCUT2D eigenvalue weighted by Crippen LogP contribution is 2.45. The smallest absolute Gasteiger partial charge is 0.343 e. The van der Waals surface area contributed by atoms with Crippen molar-refractivity contribution in [3.05, 3.63) is 56.2 Å². The minimum Gasteiger partial charge on any atom is -0.494 e. The van der Waals surface area contributed by atoms with Crippen LogP contribution < -0.4 is 10.2 Å². The van der Waals surface area contributed by atoms with Gasteiger partial charge in [-0.25, -0.2) is 4.79 Å². The summed E-state index contributed by atoms with van der Waals surface area (Å²) in [5.74, 6) is 0.0566. The molecular weight excluding hydrogens is 426 g/mol. The van der Waals surface area contributed by atoms with Crippen LogP contribution in [0.15, 0.2) is 34.8 Å². The van der Waals surface area contributed by atoms with Crippen LogP contribution in [0, 0.1) is 0 Å². The van der Waals surface area contributed by atoms with Crippen molar-refractivity contribution in [2.45, 2.75) is 38.6 Å². The summed E-state index contributed by atoms with van der Waals surface area (Å²) in [7, 11) is 1.62. The third-order valence-electron chi connectivity index (χ3n) is 6.13. The van der Waals surface area contributed by atoms with Gasteiger partial charge in [0, 0.05) is 27.6 Å². The molecule has 166 valence electrons. The maximum absolute atomic E-state index is 13.2. The number of nitrogens with zero attached hydrogens (tertiary/aromatic N) is 1. The van der Waals surface area contributed by atoms with E-state index in [0.29, 0.717) is 11.1 Å². The van der Waals surface area contributed by atoms with Gasteiger partial charge in [-0.3, -0.25) is 4.79 Å². The highest BCUT2D eigenvalue weighted by Gasteiger charge is 2.30. The van der Waals surface area contributed by atoms with Gasteiger partial charge in [0.2, 0.25) is 5.43 Å². The number of carbonyl (C=O) groups excluding carboxylic acids is 1. The summed E-state index contributed by atoms with van der Waals surface area (Å²) in [6.45, 7) is 2.03. The number of carbonyl (C=O) groups is 1. The lowest BCUT2D eigenvalue weighted by atomic mass is 9.98. The zero-order chi connectivity index (χ0) is 22.4. The lowest BCUT2D eigenvalue weighted by Gasteiger charge is -2.17. The largest absolute Gasteiger partial charge is 0.494 e. The summed E-state index contributed by atoms with van der Waals surface area (Å²) in [6, 6.07) is 6.07. The van der Waals surface area contributed by atoms with Crippen molar-refractivity contribution < 1.29 is 19.4 Å². The molecule has 2 aromatic heterocycles. The number of aryl methyl sites for hydroxylation is 1. The number of benzene rings is 1. The molecule has 5 rings (SSSR count). The molecule has 2 aliphatic rings. The Hall–Kier alpha value is -2.90. The van der Waals surface area contributed by atoms with Crippen LogP contribution in [0.3, 0.4) is 0 Å². The average molecular weight is 452 g/mol. The van der Waals surface area contributed by atoms with E-state index in [1.165, 1.54) is 4.88 Å². The lowest BCUT2D eigenvalue weighted by Crippen LogP contribution is -2.21. The Morgan fingerprint density at radius 1 is 1.28 bits per heavy atom. The van der Waals surface area contributed by atoms with Crippen LogP contribution in [0.25, 0.3) is 27.4 Å². The number of ether oxygens (including phenoxy) is 2. The topological polar surface area (TPSA) is 77.8 Å². The summed E-state index contributed by atoms with van der Waals surface area (Å²) >= 11 is 1.72. The second-order valence-corrected chi connectivity index (χ2v) is 9.36. The zero-order valence-corrected chi connectivity index (χ0v) is 19.0. The minimum atomic E-state index is -0.589. The van der Waals surface area contributed by atoms with Crippen molar-refractivity contribution in [2.24, 2.45) is 0 Å². The molecule has 0 saturated heterocycles. The number of aliphatic hydroxyl groups excluding tert-OH is 1. The van der Waals surface area contributed by atoms with E-state index in [-0.39, 0.29) is 30.2 Å². The quantitative estimate of drug-likeness (QED) is 0.556. The molecule has 1 fully saturated rings. The number of aromatic nitrogens is 1. The predicted octanol–water partition coefficient (Wildman–Crippen LogP) is 4.57. The molecule has 7 heteroatoms. The summed E-state index contributed by atoms with van der Waals surface area (Å²) in [4.78, 5) is 28.0. The Bertz CT molecular complexity index is 1310. The molecule has 1 N–H and O–H groups in total. The van der Waals surface area contributed by atoms with Crippen LogP contribution >= 0.6 is 11.3 Å². The number of hydrogen-bond acceptors (Lipinski definition) is 6. The van der Waals surface area contributed by atoms with Gasteiger partial charge in [-0.1, -0.05) is 6.08 Å². The zero-order valence-electron chi connectivity index (χ0n) is 18.1. The van der Waals surface area contributed by atoms with Crippen LogP contribution in [-0.2, 0) is 11.2 Å². The normalized spacial score (nSPS) is 15.4. The van der Waals surface area contributed by atoms with E-state index >= 15 is 0 Å². The maximum atomic E-state index is 13.2. The average Bonchev–Trinajstić information content (AvgIpc) is 3.56. The third-order valence-corrected chi connectivity index (χ3v) is 7.37. The van der Waals surface area contributed by atoms with Gasteiger partial charge in [-0.2, -0.15) is 0 Å². The standard InChI is InChI=1S/C25H25NO5S/c1-3-31-25(29)19-12-26(16-5-6-16)22-18(23(19)28)8-7-17(24(22)30-2)21-11-15-10-14(13-27)4-9-20(15)32-21/h7-8,10-12,16,27H,3-6,9,13H2,1-2H3. The molecule has 0 atom stereocenters. The van der Waals surface area contributed by atoms with Crippen molar-refractivity contribution in [3.63, 3.8) is 0 Å². The van der Waals surface area contributed by atoms with E-state index in [1.807, 2.05) is 10.6 Å². The number of rotatable bonds is 6. The summed E-state index contributed by atoms with van der Waals surface area (Å²) in [5.41, 5.74) is 3.57. The fourth-order valence-electron chi connectivity index (χ4n) is 4.40. The first kappa shape index (κ1) is 21.0. The van der Waals surface area contributed by atoms with E-state index in [1.54, 1.807) is 37.6 Å². The van der Waals surface area contributed by atoms with E-state index in [4.69, 9.17) is 9.47 Å². The molecule has 32 heavy (non-hydrogen) atoms. The fourth-order valence-corrected chi connectivity index (χ4v) is 5.56. The minimum absolute atomic E-state index is 0.0642. The SMILES string of the molecule is CCOC(=O)c1cn(C2CC2)c2c(OC)c(-c3cc4c(s3)CCC(CO)=C4)ccc2c1=O. The van der Waals surface area contributed by atoms with Gasteiger partial charge in [0.15, 0.2) is 5.75 Å². The van der Waals surface area contributed by atoms with Crippen LogP contribution in [-0.4, -0.2) is 36.0 Å². The van der Waals surface area contributed by atoms with Gasteiger partial charge in [-0.05, 0) is 61.9 Å². The number of hydrogen-bond donors (Lipinski definition) is 1. The Morgan fingerprint density at radius 3 is 2.78 bits per heavy atom. The van der Waals surface area contributed by atoms with Gasteiger partial charge in [0.05, 0.1) is 31.2 Å². The number of fused-ring (bicyclic) bond motifs is 2. The summed E-state index contributed by atoms with van der Waals surface area (Å²) in [6.07, 6.45) is 7.49. The van der Waals surface area contributed by atoms with Crippen LogP contribution in [0.1, 0.15) is 53.0 Å². The lowest BCUT2D eigenvalue weighted by molar-refractivity contribution is 0.0524. The van der Waals surface area contributed by atoms with E-state index in [0.717, 1.165) is 52.8 Å². The number of thiophene rings is 1. The van der Waals surface area contributed by atoms with Gasteiger partial charge in [0.25, 0.3) is 0 Å². The maximum Gasteiger partial charge on any atom is 0.343 e. The fraction of sp³-hybridized carbons (Fsp3) is 0.360. The number of aliphatic hydroxyl groups is 1. The van der Waals surface area contributed by atoms with Crippen LogP contribution in [0.4, 0.5) is 0 Å². The van der Waals surface area contributed by atoms with Gasteiger partial charge >= 0.3 is 5.97 Å². The highest BCUT2D eigenvalue weighted by atomic mass is 32.1. The Balaban J connectivity index is 1.72. The van der Waals surface area contributed by atoms with Crippen molar-refractivity contribution in [3.8, 4) is 16.2 Å². The Labute approximate surface area is 189 Å². The Kier molecular flexibility index (Phi) is 5.39. The molecule has 2 heterocycles. The van der Waals surface area contributed by atoms with E-state index in [9.17, 15) is 14.7 Å². The Morgan fingerprint density at radius 2 is 2.09 bits per heavy atom. The second kappa shape index (κ2) is 8.22. The first-order valence-corrected chi connectivity index (χ1v) is 11.7. The van der Waals surface area contributed by atoms with Crippen molar-refractivity contribution >= 4 is 34.3 Å². The first-order valence-electron chi connectivity index (χ1n) is 10.9. The molecule has 0 spiro atoms. The molecule has 0 amide bonds. The monoisotopic (exact) mass is 451 g/mol. The molecule has 1 aromatic carbocycles. The molecule has 6 nitrogen and oxygen atoms in total. The molecule has 2 aliphatic carbocycles. The number of pyridine rings is 1. The van der Waals surface area contributed by atoms with Crippen molar-refractivity contribution in [1.29, 1.82) is 0 Å². The molecule has 3 aromatic rings. The van der Waals surface area contributed by atoms with E-state index < -0.39 is 5.97 Å². The molecule has 0 aliphatic heterocycles. The molecule has 0 bridgehead atoms. The number of esters is 1. The summed E-state index contributed by atoms with van der Waals surface area (Å²) < 4.78 is 13.0. The number of methoxy groups -OCH3 is 1. The molecule has 0 unspecified atom stereocenters. The van der Waals surface area contributed by atoms with E-state index in [2.05, 4.69) is 12.1 Å². The molecule has 0 radical (unpaired) electrons. The molecule has 1 saturated carbocycles. The van der Waals surface area contributed by atoms with Gasteiger partial charge in [0.1, 0.15) is 5.56 Å². The predicted molar refractivity (Wildman–Crippen MR) is 126 cm³/mol. The van der Waals surface area contributed by atoms with Crippen molar-refractivity contribution in [2.75, 3.05) is 20.3 Å². The van der Waals surface area contributed by atoms with Crippen molar-refractivity contribution in [1.82, 2.24) is 4.57 Å². The highest BCUT2D eigenvalue weighted by molar-refractivity contribution is 7.15. The van der Waals surface area contributed by atoms with Gasteiger partial charge < -0.3 is 19.1 Å². The third kappa shape index (κ3) is 3.45. The van der Waals surface area contributed by atoms with Crippen LogP contribution in [0.5, 0.6) is 5.75 Å². The molecular formula is C25H25NO5S. The van der Waals surface area contributed by atoms with Crippen LogP contribution in [0.2, 0.25) is 0 Å². The van der Waals surface area contributed by atoms with Gasteiger partial charge in [-0.15, -0.1) is 11.3 Å². The second-order valence-electron chi connectivity index (χ2n) is 8.22. The summed E-state index contributed by atoms with van der Waals surface area (Å²) in [5, 5.41) is 9.96.